The minimum atomic E-state index is -4.38. The van der Waals surface area contributed by atoms with E-state index in [0.717, 1.165) is 41.8 Å². The minimum absolute atomic E-state index is 0.0538. The molecule has 0 spiro atoms. The zero-order chi connectivity index (χ0) is 30.3. The van der Waals surface area contributed by atoms with Crippen molar-refractivity contribution in [2.24, 2.45) is 5.16 Å². The number of aryl methyl sites for hydroxylation is 1. The number of hydrogen-bond acceptors (Lipinski definition) is 7. The first-order chi connectivity index (χ1) is 19.9. The molecule has 1 heterocycles. The molecule has 0 saturated carbocycles. The van der Waals surface area contributed by atoms with E-state index in [1.54, 1.807) is 11.0 Å². The van der Waals surface area contributed by atoms with E-state index in [-0.39, 0.29) is 25.4 Å². The van der Waals surface area contributed by atoms with E-state index in [1.165, 1.54) is 12.1 Å². The van der Waals surface area contributed by atoms with Gasteiger partial charge in [0.25, 0.3) is 5.91 Å². The molecule has 0 atom stereocenters. The Morgan fingerprint density at radius 3 is 2.40 bits per heavy atom. The molecular formula is C30H36F3N3O6. The number of fused-ring (bicyclic) bond motifs is 1. The number of hydroxylamine groups is 1. The molecule has 9 nitrogen and oxygen atoms in total. The molecule has 4 rings (SSSR count). The van der Waals surface area contributed by atoms with Gasteiger partial charge in [-0.05, 0) is 94.3 Å². The molecule has 1 N–H and O–H groups in total. The van der Waals surface area contributed by atoms with E-state index < -0.39 is 23.2 Å². The Hall–Kier alpha value is -3.80. The Morgan fingerprint density at radius 1 is 1.02 bits per heavy atom. The topological polar surface area (TPSA) is 98.7 Å². The molecule has 1 saturated heterocycles. The molecular weight excluding hydrogens is 555 g/mol. The second-order valence-electron chi connectivity index (χ2n) is 11.3. The van der Waals surface area contributed by atoms with Crippen molar-refractivity contribution in [3.8, 4) is 5.75 Å². The fourth-order valence-corrected chi connectivity index (χ4v) is 4.61. The number of nitrogens with zero attached hydrogens (tertiary/aromatic N) is 2. The second kappa shape index (κ2) is 13.5. The van der Waals surface area contributed by atoms with Crippen LogP contribution in [0.2, 0.25) is 0 Å². The highest BCUT2D eigenvalue weighted by Crippen LogP contribution is 2.29. The molecule has 0 radical (unpaired) electrons. The summed E-state index contributed by atoms with van der Waals surface area (Å²) in [6, 6.07) is 10.3. The van der Waals surface area contributed by atoms with Crippen molar-refractivity contribution in [1.29, 1.82) is 0 Å². The molecule has 1 aliphatic heterocycles. The maximum atomic E-state index is 12.7. The standard InChI is InChI=1S/C30H36F3N3O6/c1-29(2,3)41-28(38)36-15-13-23(14-16-36)42-35-27(37)19-39-24-11-12-25-21(17-24)5-4-6-26(25)34-40-18-20-7-9-22(10-8-20)30(31,32)33/h7-12,17,23H,4-6,13-16,18-19H2,1-3H3,(H,35,37)/b34-26+. The van der Waals surface area contributed by atoms with E-state index in [0.29, 0.717) is 43.7 Å². The summed E-state index contributed by atoms with van der Waals surface area (Å²) in [5.41, 5.74) is 4.41. The predicted molar refractivity (Wildman–Crippen MR) is 148 cm³/mol. The molecule has 1 fully saturated rings. The number of ether oxygens (including phenoxy) is 2. The zero-order valence-corrected chi connectivity index (χ0v) is 24.0. The normalized spacial score (nSPS) is 17.0. The van der Waals surface area contributed by atoms with Gasteiger partial charge >= 0.3 is 12.3 Å². The average molecular weight is 592 g/mol. The fourth-order valence-electron chi connectivity index (χ4n) is 4.61. The van der Waals surface area contributed by atoms with Crippen molar-refractivity contribution in [3.05, 3.63) is 64.7 Å². The molecule has 0 unspecified atom stereocenters. The van der Waals surface area contributed by atoms with E-state index in [2.05, 4.69) is 10.6 Å². The second-order valence-corrected chi connectivity index (χ2v) is 11.3. The highest BCUT2D eigenvalue weighted by Gasteiger charge is 2.30. The molecule has 42 heavy (non-hydrogen) atoms. The highest BCUT2D eigenvalue weighted by molar-refractivity contribution is 6.02. The monoisotopic (exact) mass is 591 g/mol. The van der Waals surface area contributed by atoms with Crippen LogP contribution in [0.15, 0.2) is 47.6 Å². The van der Waals surface area contributed by atoms with Crippen molar-refractivity contribution in [2.75, 3.05) is 19.7 Å². The van der Waals surface area contributed by atoms with Crippen LogP contribution in [0.5, 0.6) is 5.75 Å². The summed E-state index contributed by atoms with van der Waals surface area (Å²) in [6.07, 6.45) is -1.44. The lowest BCUT2D eigenvalue weighted by Crippen LogP contribution is -2.45. The van der Waals surface area contributed by atoms with Crippen LogP contribution in [0.3, 0.4) is 0 Å². The molecule has 2 aromatic carbocycles. The number of piperidine rings is 1. The van der Waals surface area contributed by atoms with E-state index in [1.807, 2.05) is 32.9 Å². The number of carbonyl (C=O) groups is 2. The molecule has 2 aliphatic rings. The quantitative estimate of drug-likeness (QED) is 0.391. The molecule has 1 aliphatic carbocycles. The SMILES string of the molecule is CC(C)(C)OC(=O)N1CCC(ONC(=O)COc2ccc3c(c2)CCC/C3=N\OCc2ccc(C(F)(F)F)cc2)CC1. The minimum Gasteiger partial charge on any atom is -0.484 e. The van der Waals surface area contributed by atoms with Gasteiger partial charge in [0.1, 0.15) is 18.0 Å². The van der Waals surface area contributed by atoms with Crippen LogP contribution in [-0.4, -0.2) is 54.0 Å². The molecule has 0 bridgehead atoms. The smallest absolute Gasteiger partial charge is 0.416 e. The van der Waals surface area contributed by atoms with Crippen LogP contribution in [0, 0.1) is 0 Å². The van der Waals surface area contributed by atoms with Crippen LogP contribution in [0.4, 0.5) is 18.0 Å². The molecule has 228 valence electrons. The van der Waals surface area contributed by atoms with Crippen molar-refractivity contribution < 1.29 is 41.9 Å². The molecule has 2 aromatic rings. The van der Waals surface area contributed by atoms with Gasteiger partial charge in [-0.1, -0.05) is 17.3 Å². The Labute approximate surface area is 242 Å². The number of oxime groups is 1. The number of likely N-dealkylation sites (tertiary alicyclic amines) is 1. The molecule has 2 amide bonds. The Bertz CT molecular complexity index is 1270. The summed E-state index contributed by atoms with van der Waals surface area (Å²) >= 11 is 0. The Balaban J connectivity index is 1.20. The fraction of sp³-hybridized carbons (Fsp3) is 0.500. The third-order valence-corrected chi connectivity index (χ3v) is 6.74. The van der Waals surface area contributed by atoms with Gasteiger partial charge in [-0.25, -0.2) is 10.3 Å². The zero-order valence-electron chi connectivity index (χ0n) is 24.0. The predicted octanol–water partition coefficient (Wildman–Crippen LogP) is 5.79. The average Bonchev–Trinajstić information content (AvgIpc) is 2.94. The lowest BCUT2D eigenvalue weighted by molar-refractivity contribution is -0.143. The summed E-state index contributed by atoms with van der Waals surface area (Å²) < 4.78 is 49.3. The number of nitrogens with one attached hydrogen (secondary N) is 1. The van der Waals surface area contributed by atoms with Crippen LogP contribution in [0.25, 0.3) is 0 Å². The van der Waals surface area contributed by atoms with Gasteiger partial charge in [-0.2, -0.15) is 13.2 Å². The van der Waals surface area contributed by atoms with Crippen molar-refractivity contribution in [2.45, 2.75) is 77.4 Å². The number of amides is 2. The van der Waals surface area contributed by atoms with Crippen LogP contribution in [-0.2, 0) is 38.4 Å². The number of benzene rings is 2. The van der Waals surface area contributed by atoms with E-state index in [4.69, 9.17) is 19.1 Å². The summed E-state index contributed by atoms with van der Waals surface area (Å²) in [5, 5.41) is 4.24. The molecule has 0 aromatic heterocycles. The van der Waals surface area contributed by atoms with Crippen LogP contribution < -0.4 is 10.2 Å². The lowest BCUT2D eigenvalue weighted by Gasteiger charge is -2.33. The van der Waals surface area contributed by atoms with Crippen molar-refractivity contribution in [1.82, 2.24) is 10.4 Å². The first-order valence-corrected chi connectivity index (χ1v) is 13.9. The largest absolute Gasteiger partial charge is 0.484 e. The number of rotatable bonds is 8. The Morgan fingerprint density at radius 2 is 1.74 bits per heavy atom. The van der Waals surface area contributed by atoms with Crippen LogP contribution >= 0.6 is 0 Å². The van der Waals surface area contributed by atoms with Gasteiger partial charge < -0.3 is 19.2 Å². The summed E-state index contributed by atoms with van der Waals surface area (Å²) in [6.45, 7) is 6.25. The summed E-state index contributed by atoms with van der Waals surface area (Å²) in [4.78, 5) is 37.1. The summed E-state index contributed by atoms with van der Waals surface area (Å²) in [7, 11) is 0. The van der Waals surface area contributed by atoms with Crippen LogP contribution in [0.1, 0.15) is 68.7 Å². The van der Waals surface area contributed by atoms with Gasteiger partial charge in [-0.3, -0.25) is 9.63 Å². The third kappa shape index (κ3) is 9.10. The first-order valence-electron chi connectivity index (χ1n) is 13.9. The van der Waals surface area contributed by atoms with Crippen molar-refractivity contribution in [3.63, 3.8) is 0 Å². The van der Waals surface area contributed by atoms with Crippen molar-refractivity contribution >= 4 is 17.7 Å². The van der Waals surface area contributed by atoms with Gasteiger partial charge in [0, 0.05) is 18.7 Å². The number of carbonyl (C=O) groups excluding carboxylic acids is 2. The Kier molecular flexibility index (Phi) is 9.97. The van der Waals surface area contributed by atoms with Gasteiger partial charge in [0.2, 0.25) is 0 Å². The number of alkyl halides is 3. The molecule has 12 heteroatoms. The maximum Gasteiger partial charge on any atom is 0.416 e. The first kappa shape index (κ1) is 31.1. The van der Waals surface area contributed by atoms with Gasteiger partial charge in [0.15, 0.2) is 6.61 Å². The highest BCUT2D eigenvalue weighted by atomic mass is 19.4. The van der Waals surface area contributed by atoms with Gasteiger partial charge in [0.05, 0.1) is 17.4 Å². The van der Waals surface area contributed by atoms with Gasteiger partial charge in [-0.15, -0.1) is 0 Å². The van der Waals surface area contributed by atoms with E-state index >= 15 is 0 Å². The van der Waals surface area contributed by atoms with E-state index in [9.17, 15) is 22.8 Å². The summed E-state index contributed by atoms with van der Waals surface area (Å²) in [5.74, 6) is 0.0997. The third-order valence-electron chi connectivity index (χ3n) is 6.74. The lowest BCUT2D eigenvalue weighted by atomic mass is 9.90. The maximum absolute atomic E-state index is 12.7. The number of halogens is 3. The number of hydrogen-bond donors (Lipinski definition) is 1.